The van der Waals surface area contributed by atoms with Gasteiger partial charge in [0, 0.05) is 31.9 Å². The first-order chi connectivity index (χ1) is 10.5. The highest BCUT2D eigenvalue weighted by Gasteiger charge is 2.26. The zero-order chi connectivity index (χ0) is 16.3. The standard InChI is InChI=1S/C18H29N3O/c1-12(13(2)20-3)17(19)16-10-15(9-14-7-6-8-14)18(22-5)21(4)11-16/h10,14,19-20H,6-9,11H2,1-5H3/b13-12+,19-17?. The summed E-state index contributed by atoms with van der Waals surface area (Å²) in [5, 5.41) is 11.6. The summed E-state index contributed by atoms with van der Waals surface area (Å²) >= 11 is 0. The van der Waals surface area contributed by atoms with Crippen LogP contribution in [0.2, 0.25) is 0 Å². The maximum Gasteiger partial charge on any atom is 0.192 e. The summed E-state index contributed by atoms with van der Waals surface area (Å²) in [5.74, 6) is 1.75. The van der Waals surface area contributed by atoms with Gasteiger partial charge in [0.2, 0.25) is 0 Å². The Bertz CT molecular complexity index is 539. The maximum atomic E-state index is 8.51. The number of allylic oxidation sites excluding steroid dienone is 4. The lowest BCUT2D eigenvalue weighted by Gasteiger charge is -2.33. The molecule has 4 heteroatoms. The lowest BCUT2D eigenvalue weighted by Crippen LogP contribution is -2.30. The minimum absolute atomic E-state index is 0.625. The third-order valence-corrected chi connectivity index (χ3v) is 4.94. The molecule has 0 spiro atoms. The van der Waals surface area contributed by atoms with E-state index >= 15 is 0 Å². The fourth-order valence-electron chi connectivity index (χ4n) is 3.10. The highest BCUT2D eigenvalue weighted by molar-refractivity contribution is 6.11. The zero-order valence-electron chi connectivity index (χ0n) is 14.5. The van der Waals surface area contributed by atoms with Crippen molar-refractivity contribution < 1.29 is 4.74 Å². The summed E-state index contributed by atoms with van der Waals surface area (Å²) in [7, 11) is 5.69. The highest BCUT2D eigenvalue weighted by Crippen LogP contribution is 2.35. The Balaban J connectivity index is 2.28. The van der Waals surface area contributed by atoms with Gasteiger partial charge in [-0.05, 0) is 43.4 Å². The average Bonchev–Trinajstić information content (AvgIpc) is 2.48. The van der Waals surface area contributed by atoms with Crippen LogP contribution in [0.4, 0.5) is 0 Å². The lowest BCUT2D eigenvalue weighted by atomic mass is 9.80. The average molecular weight is 303 g/mol. The highest BCUT2D eigenvalue weighted by atomic mass is 16.5. The summed E-state index contributed by atoms with van der Waals surface area (Å²) in [4.78, 5) is 2.12. The van der Waals surface area contributed by atoms with E-state index in [0.717, 1.165) is 41.6 Å². The predicted molar refractivity (Wildman–Crippen MR) is 91.9 cm³/mol. The Labute approximate surface area is 134 Å². The predicted octanol–water partition coefficient (Wildman–Crippen LogP) is 3.44. The SMILES string of the molecule is CN/C(C)=C(\C)C(=N)C1=CC(CC2CCC2)=C(OC)N(C)C1. The van der Waals surface area contributed by atoms with Gasteiger partial charge in [0.15, 0.2) is 5.88 Å². The molecule has 1 aliphatic carbocycles. The smallest absolute Gasteiger partial charge is 0.192 e. The molecule has 0 aromatic heterocycles. The van der Waals surface area contributed by atoms with E-state index in [4.69, 9.17) is 10.1 Å². The second-order valence-electron chi connectivity index (χ2n) is 6.44. The molecule has 1 saturated carbocycles. The zero-order valence-corrected chi connectivity index (χ0v) is 14.5. The molecule has 0 aromatic rings. The van der Waals surface area contributed by atoms with Crippen LogP contribution in [0.1, 0.15) is 39.5 Å². The summed E-state index contributed by atoms with van der Waals surface area (Å²) in [6.45, 7) is 4.75. The summed E-state index contributed by atoms with van der Waals surface area (Å²) < 4.78 is 5.61. The third kappa shape index (κ3) is 3.37. The first-order valence-electron chi connectivity index (χ1n) is 8.11. The molecular weight excluding hydrogens is 274 g/mol. The van der Waals surface area contributed by atoms with E-state index < -0.39 is 0 Å². The Hall–Kier alpha value is -1.71. The summed E-state index contributed by atoms with van der Waals surface area (Å²) in [6.07, 6.45) is 7.25. The van der Waals surface area contributed by atoms with E-state index in [1.807, 2.05) is 27.9 Å². The minimum atomic E-state index is 0.625. The van der Waals surface area contributed by atoms with Gasteiger partial charge >= 0.3 is 0 Å². The van der Waals surface area contributed by atoms with Gasteiger partial charge in [-0.1, -0.05) is 19.3 Å². The molecule has 0 radical (unpaired) electrons. The molecular formula is C18H29N3O. The fourth-order valence-corrected chi connectivity index (χ4v) is 3.10. The first kappa shape index (κ1) is 16.7. The van der Waals surface area contributed by atoms with Gasteiger partial charge in [-0.25, -0.2) is 0 Å². The molecule has 0 atom stereocenters. The molecule has 0 amide bonds. The molecule has 1 aliphatic heterocycles. The van der Waals surface area contributed by atoms with E-state index in [1.165, 1.54) is 24.8 Å². The Morgan fingerprint density at radius 2 is 2.09 bits per heavy atom. The number of hydrogen-bond acceptors (Lipinski definition) is 4. The molecule has 0 aromatic carbocycles. The minimum Gasteiger partial charge on any atom is -0.482 e. The second-order valence-corrected chi connectivity index (χ2v) is 6.44. The fraction of sp³-hybridized carbons (Fsp3) is 0.611. The third-order valence-electron chi connectivity index (χ3n) is 4.94. The van der Waals surface area contributed by atoms with Crippen molar-refractivity contribution >= 4 is 5.71 Å². The van der Waals surface area contributed by atoms with Crippen LogP contribution in [0, 0.1) is 11.3 Å². The van der Waals surface area contributed by atoms with Gasteiger partial charge in [0.05, 0.1) is 12.8 Å². The molecule has 122 valence electrons. The van der Waals surface area contributed by atoms with Crippen LogP contribution in [0.15, 0.2) is 34.4 Å². The first-order valence-corrected chi connectivity index (χ1v) is 8.11. The molecule has 2 aliphatic rings. The number of hydrogen-bond donors (Lipinski definition) is 2. The summed E-state index contributed by atoms with van der Waals surface area (Å²) in [5.41, 5.74) is 5.00. The van der Waals surface area contributed by atoms with Crippen molar-refractivity contribution in [1.82, 2.24) is 10.2 Å². The van der Waals surface area contributed by atoms with Crippen LogP contribution in [-0.2, 0) is 4.74 Å². The van der Waals surface area contributed by atoms with Crippen molar-refractivity contribution in [3.63, 3.8) is 0 Å². The topological polar surface area (TPSA) is 48.4 Å². The van der Waals surface area contributed by atoms with E-state index in [2.05, 4.69) is 16.3 Å². The Kier molecular flexibility index (Phi) is 5.33. The van der Waals surface area contributed by atoms with Crippen molar-refractivity contribution in [1.29, 1.82) is 5.41 Å². The number of methoxy groups -OCH3 is 1. The molecule has 1 fully saturated rings. The summed E-state index contributed by atoms with van der Waals surface area (Å²) in [6, 6.07) is 0. The van der Waals surface area contributed by atoms with Crippen LogP contribution in [-0.4, -0.2) is 38.4 Å². The monoisotopic (exact) mass is 303 g/mol. The van der Waals surface area contributed by atoms with Crippen LogP contribution in [0.25, 0.3) is 0 Å². The van der Waals surface area contributed by atoms with Gasteiger partial charge in [0.25, 0.3) is 0 Å². The van der Waals surface area contributed by atoms with Crippen molar-refractivity contribution in [2.24, 2.45) is 5.92 Å². The van der Waals surface area contributed by atoms with E-state index in [9.17, 15) is 0 Å². The van der Waals surface area contributed by atoms with Crippen molar-refractivity contribution in [3.8, 4) is 0 Å². The molecule has 4 nitrogen and oxygen atoms in total. The van der Waals surface area contributed by atoms with Gasteiger partial charge < -0.3 is 20.4 Å². The number of ether oxygens (including phenoxy) is 1. The second kappa shape index (κ2) is 7.03. The van der Waals surface area contributed by atoms with Gasteiger partial charge in [-0.3, -0.25) is 0 Å². The molecule has 0 unspecified atom stereocenters. The number of likely N-dealkylation sites (N-methyl/N-ethyl adjacent to an activating group) is 1. The maximum absolute atomic E-state index is 8.51. The van der Waals surface area contributed by atoms with E-state index in [0.29, 0.717) is 5.71 Å². The van der Waals surface area contributed by atoms with Crippen LogP contribution in [0.3, 0.4) is 0 Å². The van der Waals surface area contributed by atoms with Crippen LogP contribution < -0.4 is 5.32 Å². The quantitative estimate of drug-likeness (QED) is 0.739. The number of nitrogens with zero attached hydrogens (tertiary/aromatic N) is 1. The van der Waals surface area contributed by atoms with Gasteiger partial charge in [-0.15, -0.1) is 0 Å². The van der Waals surface area contributed by atoms with E-state index in [-0.39, 0.29) is 0 Å². The molecule has 0 bridgehead atoms. The van der Waals surface area contributed by atoms with Crippen LogP contribution in [0.5, 0.6) is 0 Å². The van der Waals surface area contributed by atoms with Crippen molar-refractivity contribution in [3.05, 3.63) is 34.4 Å². The normalized spacial score (nSPS) is 20.2. The number of nitrogens with one attached hydrogen (secondary N) is 2. The largest absolute Gasteiger partial charge is 0.482 e. The van der Waals surface area contributed by atoms with Crippen molar-refractivity contribution in [2.75, 3.05) is 27.7 Å². The molecule has 2 rings (SSSR count). The van der Waals surface area contributed by atoms with Crippen molar-refractivity contribution in [2.45, 2.75) is 39.5 Å². The Morgan fingerprint density at radius 1 is 1.41 bits per heavy atom. The molecule has 1 heterocycles. The van der Waals surface area contributed by atoms with Gasteiger partial charge in [0.1, 0.15) is 0 Å². The number of rotatable bonds is 6. The molecule has 0 saturated heterocycles. The van der Waals surface area contributed by atoms with E-state index in [1.54, 1.807) is 7.11 Å². The lowest BCUT2D eigenvalue weighted by molar-refractivity contribution is 0.171. The molecule has 2 N–H and O–H groups in total. The van der Waals surface area contributed by atoms with Crippen LogP contribution >= 0.6 is 0 Å². The Morgan fingerprint density at radius 3 is 2.59 bits per heavy atom. The van der Waals surface area contributed by atoms with Gasteiger partial charge in [-0.2, -0.15) is 0 Å². The molecule has 22 heavy (non-hydrogen) atoms.